The second kappa shape index (κ2) is 7.17. The molecule has 2 heterocycles. The van der Waals surface area contributed by atoms with Crippen LogP contribution in [0.4, 0.5) is 19.0 Å². The number of alkyl halides is 3. The first-order valence-corrected chi connectivity index (χ1v) is 7.97. The van der Waals surface area contributed by atoms with Gasteiger partial charge in [0.1, 0.15) is 0 Å². The van der Waals surface area contributed by atoms with E-state index in [1.165, 1.54) is 0 Å². The van der Waals surface area contributed by atoms with Crippen molar-refractivity contribution in [3.8, 4) is 0 Å². The Bertz CT molecular complexity index is 667. The van der Waals surface area contributed by atoms with E-state index in [1.54, 1.807) is 6.07 Å². The summed E-state index contributed by atoms with van der Waals surface area (Å²) in [6.45, 7) is 3.03. The molecule has 2 aromatic rings. The first kappa shape index (κ1) is 16.7. The second-order valence-corrected chi connectivity index (χ2v) is 5.80. The van der Waals surface area contributed by atoms with E-state index in [0.29, 0.717) is 12.2 Å². The highest BCUT2D eigenvalue weighted by molar-refractivity contribution is 5.43. The van der Waals surface area contributed by atoms with Crippen LogP contribution < -0.4 is 10.2 Å². The van der Waals surface area contributed by atoms with E-state index < -0.39 is 11.9 Å². The second-order valence-electron chi connectivity index (χ2n) is 5.80. The van der Waals surface area contributed by atoms with Gasteiger partial charge in [0.2, 0.25) is 0 Å². The molecule has 0 aliphatic carbocycles. The smallest absolute Gasteiger partial charge is 0.353 e. The van der Waals surface area contributed by atoms with Gasteiger partial charge in [-0.05, 0) is 30.0 Å². The van der Waals surface area contributed by atoms with Gasteiger partial charge in [0.05, 0.1) is 0 Å². The summed E-state index contributed by atoms with van der Waals surface area (Å²) >= 11 is 0. The molecule has 4 nitrogen and oxygen atoms in total. The number of rotatable bonds is 4. The standard InChI is InChI=1S/C17H19F3N4/c18-17(19,20)16-14(7-6-13-4-2-1-3-5-13)12-15(22-23-16)24-10-8-21-9-11-24/h1-5,12,21H,6-11H2. The minimum absolute atomic E-state index is 0.204. The first-order valence-electron chi connectivity index (χ1n) is 7.97. The van der Waals surface area contributed by atoms with Crippen molar-refractivity contribution in [3.63, 3.8) is 0 Å². The monoisotopic (exact) mass is 336 g/mol. The summed E-state index contributed by atoms with van der Waals surface area (Å²) in [6.07, 6.45) is -3.66. The maximum atomic E-state index is 13.2. The summed E-state index contributed by atoms with van der Waals surface area (Å²) in [5.41, 5.74) is 0.332. The minimum atomic E-state index is -4.49. The number of hydrogen-bond acceptors (Lipinski definition) is 4. The Kier molecular flexibility index (Phi) is 4.99. The van der Waals surface area contributed by atoms with Crippen LogP contribution in [0.5, 0.6) is 0 Å². The van der Waals surface area contributed by atoms with E-state index in [2.05, 4.69) is 15.5 Å². The van der Waals surface area contributed by atoms with Crippen LogP contribution in [-0.4, -0.2) is 36.4 Å². The molecule has 0 atom stereocenters. The fourth-order valence-electron chi connectivity index (χ4n) is 2.82. The molecule has 1 aromatic carbocycles. The molecule has 1 aromatic heterocycles. The van der Waals surface area contributed by atoms with E-state index >= 15 is 0 Å². The van der Waals surface area contributed by atoms with E-state index in [0.717, 1.165) is 31.7 Å². The van der Waals surface area contributed by atoms with Crippen molar-refractivity contribution in [2.24, 2.45) is 0 Å². The van der Waals surface area contributed by atoms with Gasteiger partial charge in [-0.25, -0.2) is 0 Å². The number of nitrogens with one attached hydrogen (secondary N) is 1. The number of nitrogens with zero attached hydrogens (tertiary/aromatic N) is 3. The Morgan fingerprint density at radius 1 is 1.00 bits per heavy atom. The number of benzene rings is 1. The number of anilines is 1. The van der Waals surface area contributed by atoms with Gasteiger partial charge in [0.25, 0.3) is 0 Å². The number of aryl methyl sites for hydroxylation is 2. The van der Waals surface area contributed by atoms with Gasteiger partial charge in [-0.3, -0.25) is 0 Å². The third-order valence-electron chi connectivity index (χ3n) is 4.10. The van der Waals surface area contributed by atoms with Gasteiger partial charge < -0.3 is 10.2 Å². The topological polar surface area (TPSA) is 41.1 Å². The highest BCUT2D eigenvalue weighted by Gasteiger charge is 2.36. The lowest BCUT2D eigenvalue weighted by Crippen LogP contribution is -2.44. The molecule has 0 radical (unpaired) electrons. The molecular formula is C17H19F3N4. The molecule has 0 spiro atoms. The van der Waals surface area contributed by atoms with Crippen LogP contribution in [0.3, 0.4) is 0 Å². The van der Waals surface area contributed by atoms with E-state index in [-0.39, 0.29) is 12.0 Å². The summed E-state index contributed by atoms with van der Waals surface area (Å²) in [5.74, 6) is 0.521. The zero-order chi connectivity index (χ0) is 17.0. The predicted octanol–water partition coefficient (Wildman–Crippen LogP) is 2.69. The van der Waals surface area contributed by atoms with Crippen LogP contribution in [0.15, 0.2) is 36.4 Å². The lowest BCUT2D eigenvalue weighted by molar-refractivity contribution is -0.142. The Morgan fingerprint density at radius 2 is 1.71 bits per heavy atom. The van der Waals surface area contributed by atoms with Gasteiger partial charge in [-0.1, -0.05) is 30.3 Å². The Hall–Kier alpha value is -2.15. The average Bonchev–Trinajstić information content (AvgIpc) is 2.60. The lowest BCUT2D eigenvalue weighted by Gasteiger charge is -2.28. The van der Waals surface area contributed by atoms with E-state index in [1.807, 2.05) is 35.2 Å². The van der Waals surface area contributed by atoms with Crippen molar-refractivity contribution < 1.29 is 13.2 Å². The third-order valence-corrected chi connectivity index (χ3v) is 4.10. The molecule has 3 rings (SSSR count). The fraction of sp³-hybridized carbons (Fsp3) is 0.412. The van der Waals surface area contributed by atoms with E-state index in [4.69, 9.17) is 0 Å². The van der Waals surface area contributed by atoms with Crippen LogP contribution in [0, 0.1) is 0 Å². The molecule has 1 aliphatic heterocycles. The highest BCUT2D eigenvalue weighted by Crippen LogP contribution is 2.32. The predicted molar refractivity (Wildman–Crippen MR) is 86.0 cm³/mol. The van der Waals surface area contributed by atoms with Crippen molar-refractivity contribution in [3.05, 3.63) is 53.2 Å². The number of piperazine rings is 1. The maximum absolute atomic E-state index is 13.2. The molecule has 0 unspecified atom stereocenters. The molecule has 0 saturated carbocycles. The molecule has 1 saturated heterocycles. The lowest BCUT2D eigenvalue weighted by atomic mass is 10.0. The Balaban J connectivity index is 1.85. The summed E-state index contributed by atoms with van der Waals surface area (Å²) in [6, 6.07) is 11.0. The number of halogens is 3. The Labute approximate surface area is 138 Å². The van der Waals surface area contributed by atoms with Crippen molar-refractivity contribution in [2.75, 3.05) is 31.1 Å². The highest BCUT2D eigenvalue weighted by atomic mass is 19.4. The molecule has 128 valence electrons. The zero-order valence-electron chi connectivity index (χ0n) is 13.2. The SMILES string of the molecule is FC(F)(F)c1nnc(N2CCNCC2)cc1CCc1ccccc1. The summed E-state index contributed by atoms with van der Waals surface area (Å²) in [7, 11) is 0. The molecule has 1 fully saturated rings. The third kappa shape index (κ3) is 4.03. The molecular weight excluding hydrogens is 317 g/mol. The molecule has 0 amide bonds. The van der Waals surface area contributed by atoms with Crippen molar-refractivity contribution >= 4 is 5.82 Å². The van der Waals surface area contributed by atoms with E-state index in [9.17, 15) is 13.2 Å². The van der Waals surface area contributed by atoms with Crippen LogP contribution in [-0.2, 0) is 19.0 Å². The van der Waals surface area contributed by atoms with Gasteiger partial charge in [0, 0.05) is 26.2 Å². The van der Waals surface area contributed by atoms with Gasteiger partial charge in [0.15, 0.2) is 11.5 Å². The quantitative estimate of drug-likeness (QED) is 0.932. The number of aromatic nitrogens is 2. The zero-order valence-corrected chi connectivity index (χ0v) is 13.2. The molecule has 24 heavy (non-hydrogen) atoms. The summed E-state index contributed by atoms with van der Waals surface area (Å²) in [4.78, 5) is 1.97. The van der Waals surface area contributed by atoms with Gasteiger partial charge in [-0.15, -0.1) is 10.2 Å². The Morgan fingerprint density at radius 3 is 2.38 bits per heavy atom. The summed E-state index contributed by atoms with van der Waals surface area (Å²) in [5, 5.41) is 10.5. The van der Waals surface area contributed by atoms with Crippen LogP contribution in [0.25, 0.3) is 0 Å². The van der Waals surface area contributed by atoms with Crippen molar-refractivity contribution in [1.29, 1.82) is 0 Å². The maximum Gasteiger partial charge on any atom is 0.435 e. The van der Waals surface area contributed by atoms with Gasteiger partial charge >= 0.3 is 6.18 Å². The average molecular weight is 336 g/mol. The largest absolute Gasteiger partial charge is 0.435 e. The van der Waals surface area contributed by atoms with Crippen molar-refractivity contribution in [1.82, 2.24) is 15.5 Å². The summed E-state index contributed by atoms with van der Waals surface area (Å²) < 4.78 is 39.7. The molecule has 1 N–H and O–H groups in total. The molecule has 0 bridgehead atoms. The normalized spacial score (nSPS) is 15.5. The number of hydrogen-bond donors (Lipinski definition) is 1. The van der Waals surface area contributed by atoms with Crippen molar-refractivity contribution in [2.45, 2.75) is 19.0 Å². The molecule has 1 aliphatic rings. The van der Waals surface area contributed by atoms with Crippen LogP contribution >= 0.6 is 0 Å². The van der Waals surface area contributed by atoms with Gasteiger partial charge in [-0.2, -0.15) is 13.2 Å². The fourth-order valence-corrected chi connectivity index (χ4v) is 2.82. The van der Waals surface area contributed by atoms with Crippen LogP contribution in [0.1, 0.15) is 16.8 Å². The first-order chi connectivity index (χ1) is 11.5. The minimum Gasteiger partial charge on any atom is -0.353 e. The molecule has 7 heteroatoms. The van der Waals surface area contributed by atoms with Crippen LogP contribution in [0.2, 0.25) is 0 Å².